The molecule has 0 bridgehead atoms. The fraction of sp³-hybridized carbons (Fsp3) is 0.0345. The standard InChI is InChI=1S/C29H19N3O3/c1-18-9-11-21(12-10-18)35-22-13-14-23-24(16-22)29(34)32(28(23)33)20-6-4-5-19(15-20)27-17-30-25-7-2-3-8-26(25)31-27/h2-17H,1H3. The van der Waals surface area contributed by atoms with Crippen molar-refractivity contribution in [3.63, 3.8) is 0 Å². The van der Waals surface area contributed by atoms with Gasteiger partial charge in [-0.05, 0) is 61.5 Å². The maximum absolute atomic E-state index is 13.3. The van der Waals surface area contributed by atoms with Crippen LogP contribution in [0.4, 0.5) is 5.69 Å². The maximum atomic E-state index is 13.3. The molecule has 35 heavy (non-hydrogen) atoms. The van der Waals surface area contributed by atoms with Crippen LogP contribution in [0.3, 0.4) is 0 Å². The molecule has 6 heteroatoms. The van der Waals surface area contributed by atoms with Crippen LogP contribution < -0.4 is 9.64 Å². The number of rotatable bonds is 4. The first-order valence-electron chi connectivity index (χ1n) is 11.2. The highest BCUT2D eigenvalue weighted by Gasteiger charge is 2.37. The van der Waals surface area contributed by atoms with E-state index in [9.17, 15) is 9.59 Å². The molecule has 0 radical (unpaired) electrons. The van der Waals surface area contributed by atoms with Gasteiger partial charge in [-0.25, -0.2) is 9.88 Å². The Labute approximate surface area is 201 Å². The van der Waals surface area contributed by atoms with Gasteiger partial charge in [-0.15, -0.1) is 0 Å². The van der Waals surface area contributed by atoms with Crippen molar-refractivity contribution in [3.05, 3.63) is 114 Å². The van der Waals surface area contributed by atoms with Crippen LogP contribution in [0.2, 0.25) is 0 Å². The lowest BCUT2D eigenvalue weighted by molar-refractivity contribution is 0.0926. The minimum atomic E-state index is -0.388. The third kappa shape index (κ3) is 3.71. The van der Waals surface area contributed by atoms with Crippen LogP contribution in [-0.2, 0) is 0 Å². The van der Waals surface area contributed by atoms with Gasteiger partial charge in [0, 0.05) is 5.56 Å². The Morgan fingerprint density at radius 2 is 1.46 bits per heavy atom. The fourth-order valence-corrected chi connectivity index (χ4v) is 4.16. The number of para-hydroxylation sites is 2. The van der Waals surface area contributed by atoms with Gasteiger partial charge >= 0.3 is 0 Å². The molecule has 6 rings (SSSR count). The number of hydrogen-bond donors (Lipinski definition) is 0. The molecule has 2 heterocycles. The van der Waals surface area contributed by atoms with Crippen molar-refractivity contribution in [2.45, 2.75) is 6.92 Å². The average Bonchev–Trinajstić information content (AvgIpc) is 3.14. The topological polar surface area (TPSA) is 72.4 Å². The SMILES string of the molecule is Cc1ccc(Oc2ccc3c(c2)C(=O)N(c2cccc(-c4cnc5ccccc5n4)c2)C3=O)cc1. The lowest BCUT2D eigenvalue weighted by Crippen LogP contribution is -2.29. The van der Waals surface area contributed by atoms with Gasteiger partial charge < -0.3 is 4.74 Å². The number of carbonyl (C=O) groups is 2. The molecule has 0 fully saturated rings. The van der Waals surface area contributed by atoms with Gasteiger partial charge in [0.15, 0.2) is 0 Å². The zero-order valence-corrected chi connectivity index (χ0v) is 18.8. The number of anilines is 1. The van der Waals surface area contributed by atoms with Crippen molar-refractivity contribution in [1.82, 2.24) is 9.97 Å². The molecule has 4 aromatic carbocycles. The summed E-state index contributed by atoms with van der Waals surface area (Å²) in [6.07, 6.45) is 1.69. The van der Waals surface area contributed by atoms with Crippen LogP contribution in [0.25, 0.3) is 22.3 Å². The van der Waals surface area contributed by atoms with E-state index in [0.717, 1.165) is 22.2 Å². The quantitative estimate of drug-likeness (QED) is 0.301. The van der Waals surface area contributed by atoms with E-state index >= 15 is 0 Å². The van der Waals surface area contributed by atoms with E-state index < -0.39 is 0 Å². The Kier molecular flexibility index (Phi) is 4.85. The molecular weight excluding hydrogens is 438 g/mol. The molecule has 1 aliphatic heterocycles. The highest BCUT2D eigenvalue weighted by molar-refractivity contribution is 6.34. The van der Waals surface area contributed by atoms with E-state index in [0.29, 0.717) is 34.0 Å². The van der Waals surface area contributed by atoms with Gasteiger partial charge in [-0.2, -0.15) is 0 Å². The van der Waals surface area contributed by atoms with Crippen LogP contribution in [-0.4, -0.2) is 21.8 Å². The van der Waals surface area contributed by atoms with E-state index in [2.05, 4.69) is 9.97 Å². The first-order valence-corrected chi connectivity index (χ1v) is 11.2. The predicted molar refractivity (Wildman–Crippen MR) is 134 cm³/mol. The smallest absolute Gasteiger partial charge is 0.266 e. The first-order chi connectivity index (χ1) is 17.1. The highest BCUT2D eigenvalue weighted by atomic mass is 16.5. The summed E-state index contributed by atoms with van der Waals surface area (Å²) < 4.78 is 5.90. The third-order valence-electron chi connectivity index (χ3n) is 5.96. The molecule has 6 nitrogen and oxygen atoms in total. The van der Waals surface area contributed by atoms with E-state index in [1.165, 1.54) is 4.90 Å². The van der Waals surface area contributed by atoms with E-state index in [1.54, 1.807) is 42.6 Å². The number of ether oxygens (including phenoxy) is 1. The normalized spacial score (nSPS) is 12.8. The van der Waals surface area contributed by atoms with E-state index in [4.69, 9.17) is 4.74 Å². The number of fused-ring (bicyclic) bond motifs is 2. The van der Waals surface area contributed by atoms with Crippen LogP contribution in [0.15, 0.2) is 97.2 Å². The lowest BCUT2D eigenvalue weighted by Gasteiger charge is -2.15. The summed E-state index contributed by atoms with van der Waals surface area (Å²) in [4.78, 5) is 36.8. The number of aromatic nitrogens is 2. The van der Waals surface area contributed by atoms with Gasteiger partial charge in [0.2, 0.25) is 0 Å². The fourth-order valence-electron chi connectivity index (χ4n) is 4.16. The Balaban J connectivity index is 1.32. The molecular formula is C29H19N3O3. The van der Waals surface area contributed by atoms with Crippen LogP contribution in [0, 0.1) is 6.92 Å². The van der Waals surface area contributed by atoms with Crippen molar-refractivity contribution in [2.24, 2.45) is 0 Å². The number of hydrogen-bond acceptors (Lipinski definition) is 5. The van der Waals surface area contributed by atoms with E-state index in [1.807, 2.05) is 61.5 Å². The third-order valence-corrected chi connectivity index (χ3v) is 5.96. The molecule has 0 aliphatic carbocycles. The van der Waals surface area contributed by atoms with Crippen molar-refractivity contribution in [2.75, 3.05) is 4.90 Å². The molecule has 1 aliphatic rings. The number of aryl methyl sites for hydroxylation is 1. The molecule has 0 N–H and O–H groups in total. The molecule has 1 aromatic heterocycles. The van der Waals surface area contributed by atoms with Crippen LogP contribution in [0.1, 0.15) is 26.3 Å². The summed E-state index contributed by atoms with van der Waals surface area (Å²) in [5.41, 5.74) is 5.27. The minimum absolute atomic E-state index is 0.315. The van der Waals surface area contributed by atoms with Gasteiger partial charge in [-0.3, -0.25) is 14.6 Å². The second kappa shape index (κ2) is 8.18. The summed E-state index contributed by atoms with van der Waals surface area (Å²) in [6, 6.07) is 27.4. The number of carbonyl (C=O) groups excluding carboxylic acids is 2. The van der Waals surface area contributed by atoms with Gasteiger partial charge in [-0.1, -0.05) is 42.0 Å². The minimum Gasteiger partial charge on any atom is -0.457 e. The average molecular weight is 457 g/mol. The van der Waals surface area contributed by atoms with Crippen molar-refractivity contribution in [1.29, 1.82) is 0 Å². The Morgan fingerprint density at radius 1 is 0.714 bits per heavy atom. The summed E-state index contributed by atoms with van der Waals surface area (Å²) in [7, 11) is 0. The maximum Gasteiger partial charge on any atom is 0.266 e. The summed E-state index contributed by atoms with van der Waals surface area (Å²) in [6.45, 7) is 2.00. The lowest BCUT2D eigenvalue weighted by atomic mass is 10.1. The van der Waals surface area contributed by atoms with Crippen molar-refractivity contribution >= 4 is 28.5 Å². The summed E-state index contributed by atoms with van der Waals surface area (Å²) >= 11 is 0. The molecule has 168 valence electrons. The monoisotopic (exact) mass is 457 g/mol. The highest BCUT2D eigenvalue weighted by Crippen LogP contribution is 2.34. The zero-order valence-electron chi connectivity index (χ0n) is 18.8. The largest absolute Gasteiger partial charge is 0.457 e. The number of imide groups is 1. The first kappa shape index (κ1) is 20.7. The number of amides is 2. The molecule has 0 saturated carbocycles. The molecule has 0 spiro atoms. The Hall–Kier alpha value is -4.84. The van der Waals surface area contributed by atoms with Crippen LogP contribution >= 0.6 is 0 Å². The summed E-state index contributed by atoms with van der Waals surface area (Å²) in [5.74, 6) is 0.402. The molecule has 0 unspecified atom stereocenters. The van der Waals surface area contributed by atoms with Gasteiger partial charge in [0.25, 0.3) is 11.8 Å². The summed E-state index contributed by atoms with van der Waals surface area (Å²) in [5, 5.41) is 0. The molecule has 5 aromatic rings. The Bertz CT molecular complexity index is 1630. The number of benzene rings is 4. The molecule has 2 amide bonds. The number of nitrogens with zero attached hydrogens (tertiary/aromatic N) is 3. The van der Waals surface area contributed by atoms with Gasteiger partial charge in [0.05, 0.1) is 39.7 Å². The zero-order chi connectivity index (χ0) is 23.9. The van der Waals surface area contributed by atoms with Gasteiger partial charge in [0.1, 0.15) is 11.5 Å². The van der Waals surface area contributed by atoms with Crippen molar-refractivity contribution in [3.8, 4) is 22.8 Å². The second-order valence-corrected chi connectivity index (χ2v) is 8.36. The second-order valence-electron chi connectivity index (χ2n) is 8.36. The molecule has 0 saturated heterocycles. The van der Waals surface area contributed by atoms with Crippen LogP contribution in [0.5, 0.6) is 11.5 Å². The van der Waals surface area contributed by atoms with E-state index in [-0.39, 0.29) is 11.8 Å². The predicted octanol–water partition coefficient (Wildman–Crippen LogP) is 6.20. The molecule has 0 atom stereocenters. The van der Waals surface area contributed by atoms with Crippen molar-refractivity contribution < 1.29 is 14.3 Å². The Morgan fingerprint density at radius 3 is 2.29 bits per heavy atom.